The Morgan fingerprint density at radius 2 is 1.90 bits per heavy atom. The van der Waals surface area contributed by atoms with Gasteiger partial charge >= 0.3 is 0 Å². The van der Waals surface area contributed by atoms with Crippen molar-refractivity contribution in [1.29, 1.82) is 0 Å². The smallest absolute Gasteiger partial charge is 0.0591 e. The van der Waals surface area contributed by atoms with E-state index < -0.39 is 0 Å². The van der Waals surface area contributed by atoms with Crippen LogP contribution >= 0.6 is 0 Å². The number of nitrogens with zero attached hydrogens (tertiary/aromatic N) is 1. The molecular weight excluding hydrogens is 256 g/mol. The molecule has 110 valence electrons. The van der Waals surface area contributed by atoms with E-state index in [1.54, 1.807) is 0 Å². The van der Waals surface area contributed by atoms with Crippen LogP contribution in [0, 0.1) is 6.92 Å². The van der Waals surface area contributed by atoms with Gasteiger partial charge < -0.3 is 5.32 Å². The largest absolute Gasteiger partial charge is 0.306 e. The van der Waals surface area contributed by atoms with Crippen LogP contribution in [0.4, 0.5) is 0 Å². The molecule has 0 spiro atoms. The molecule has 0 amide bonds. The minimum atomic E-state index is 0.234. The lowest BCUT2D eigenvalue weighted by molar-refractivity contribution is 0.419. The van der Waals surface area contributed by atoms with Crippen molar-refractivity contribution in [3.8, 4) is 0 Å². The van der Waals surface area contributed by atoms with Crippen molar-refractivity contribution in [3.05, 3.63) is 65.0 Å². The molecule has 2 nitrogen and oxygen atoms in total. The fraction of sp³-hybridized carbons (Fsp3) is 0.421. The van der Waals surface area contributed by atoms with Crippen LogP contribution in [0.1, 0.15) is 60.4 Å². The van der Waals surface area contributed by atoms with Crippen molar-refractivity contribution >= 4 is 0 Å². The standard InChI is InChI=1S/C19H24N2/c1-3-21-19(18-11-14(2)12-20-13-18)17-9-7-16(8-10-17)15-5-4-6-15/h7-13,15,19,21H,3-6H2,1-2H3. The Hall–Kier alpha value is -1.67. The van der Waals surface area contributed by atoms with Gasteiger partial charge in [0.15, 0.2) is 0 Å². The highest BCUT2D eigenvalue weighted by molar-refractivity contribution is 5.35. The second-order valence-corrected chi connectivity index (χ2v) is 6.08. The molecule has 0 bridgehead atoms. The number of aromatic nitrogens is 1. The third kappa shape index (κ3) is 3.16. The number of benzene rings is 1. The third-order valence-corrected chi connectivity index (χ3v) is 4.48. The Morgan fingerprint density at radius 1 is 1.14 bits per heavy atom. The molecule has 1 unspecified atom stereocenters. The lowest BCUT2D eigenvalue weighted by atomic mass is 9.79. The van der Waals surface area contributed by atoms with Crippen LogP contribution in [0.15, 0.2) is 42.7 Å². The van der Waals surface area contributed by atoms with Gasteiger partial charge in [-0.15, -0.1) is 0 Å². The number of rotatable bonds is 5. The summed E-state index contributed by atoms with van der Waals surface area (Å²) >= 11 is 0. The molecule has 2 heteroatoms. The zero-order chi connectivity index (χ0) is 14.7. The first-order chi connectivity index (χ1) is 10.3. The first-order valence-corrected chi connectivity index (χ1v) is 8.02. The fourth-order valence-electron chi connectivity index (χ4n) is 3.07. The van der Waals surface area contributed by atoms with Crippen LogP contribution in [0.3, 0.4) is 0 Å². The maximum atomic E-state index is 4.34. The summed E-state index contributed by atoms with van der Waals surface area (Å²) in [5.41, 5.74) is 5.28. The zero-order valence-electron chi connectivity index (χ0n) is 13.0. The normalized spacial score (nSPS) is 16.5. The van der Waals surface area contributed by atoms with Crippen molar-refractivity contribution in [1.82, 2.24) is 10.3 Å². The number of aryl methyl sites for hydroxylation is 1. The summed E-state index contributed by atoms with van der Waals surface area (Å²) in [5, 5.41) is 3.58. The van der Waals surface area contributed by atoms with E-state index in [0.717, 1.165) is 12.5 Å². The zero-order valence-corrected chi connectivity index (χ0v) is 13.0. The van der Waals surface area contributed by atoms with E-state index in [1.807, 2.05) is 12.4 Å². The summed E-state index contributed by atoms with van der Waals surface area (Å²) in [5.74, 6) is 0.803. The molecular formula is C19H24N2. The molecule has 0 saturated heterocycles. The molecule has 1 aliphatic carbocycles. The maximum Gasteiger partial charge on any atom is 0.0591 e. The molecule has 1 aromatic heterocycles. The van der Waals surface area contributed by atoms with Crippen LogP contribution in [0.25, 0.3) is 0 Å². The number of hydrogen-bond acceptors (Lipinski definition) is 2. The first kappa shape index (κ1) is 14.3. The molecule has 3 rings (SSSR count). The van der Waals surface area contributed by atoms with E-state index in [-0.39, 0.29) is 6.04 Å². The molecule has 2 aromatic rings. The van der Waals surface area contributed by atoms with Crippen molar-refractivity contribution in [2.45, 2.75) is 45.1 Å². The highest BCUT2D eigenvalue weighted by Crippen LogP contribution is 2.36. The van der Waals surface area contributed by atoms with Crippen molar-refractivity contribution in [3.63, 3.8) is 0 Å². The highest BCUT2D eigenvalue weighted by atomic mass is 14.9. The molecule has 1 heterocycles. The van der Waals surface area contributed by atoms with Gasteiger partial charge in [0.1, 0.15) is 0 Å². The van der Waals surface area contributed by atoms with Crippen molar-refractivity contribution in [2.75, 3.05) is 6.54 Å². The predicted molar refractivity (Wildman–Crippen MR) is 87.5 cm³/mol. The Morgan fingerprint density at radius 3 is 2.48 bits per heavy atom. The SMILES string of the molecule is CCNC(c1ccc(C2CCC2)cc1)c1cncc(C)c1. The summed E-state index contributed by atoms with van der Waals surface area (Å²) in [6.07, 6.45) is 7.99. The quantitative estimate of drug-likeness (QED) is 0.880. The molecule has 1 fully saturated rings. The van der Waals surface area contributed by atoms with Crippen LogP contribution < -0.4 is 5.32 Å². The van der Waals surface area contributed by atoms with Crippen LogP contribution in [0.5, 0.6) is 0 Å². The lowest BCUT2D eigenvalue weighted by Gasteiger charge is -2.26. The van der Waals surface area contributed by atoms with Gasteiger partial charge in [0.25, 0.3) is 0 Å². The average Bonchev–Trinajstić information content (AvgIpc) is 2.44. The van der Waals surface area contributed by atoms with E-state index >= 15 is 0 Å². The Bertz CT molecular complexity index is 585. The first-order valence-electron chi connectivity index (χ1n) is 8.02. The van der Waals surface area contributed by atoms with E-state index in [1.165, 1.54) is 41.5 Å². The Kier molecular flexibility index (Phi) is 4.35. The highest BCUT2D eigenvalue weighted by Gasteiger charge is 2.20. The molecule has 1 saturated carbocycles. The molecule has 1 aliphatic rings. The number of nitrogens with one attached hydrogen (secondary N) is 1. The van der Waals surface area contributed by atoms with Gasteiger partial charge in [0, 0.05) is 12.4 Å². The number of hydrogen-bond donors (Lipinski definition) is 1. The third-order valence-electron chi connectivity index (χ3n) is 4.48. The molecule has 1 N–H and O–H groups in total. The minimum absolute atomic E-state index is 0.234. The lowest BCUT2D eigenvalue weighted by Crippen LogP contribution is -2.22. The topological polar surface area (TPSA) is 24.9 Å². The maximum absolute atomic E-state index is 4.34. The van der Waals surface area contributed by atoms with E-state index in [2.05, 4.69) is 54.5 Å². The van der Waals surface area contributed by atoms with Gasteiger partial charge in [-0.1, -0.05) is 43.7 Å². The van der Waals surface area contributed by atoms with Gasteiger partial charge in [-0.2, -0.15) is 0 Å². The summed E-state index contributed by atoms with van der Waals surface area (Å²) in [7, 11) is 0. The summed E-state index contributed by atoms with van der Waals surface area (Å²) in [6, 6.07) is 11.6. The average molecular weight is 280 g/mol. The minimum Gasteiger partial charge on any atom is -0.306 e. The second kappa shape index (κ2) is 6.40. The van der Waals surface area contributed by atoms with Gasteiger partial charge in [-0.05, 0) is 54.5 Å². The predicted octanol–water partition coefficient (Wildman–Crippen LogP) is 4.36. The van der Waals surface area contributed by atoms with Gasteiger partial charge in [0.2, 0.25) is 0 Å². The summed E-state index contributed by atoms with van der Waals surface area (Å²) in [4.78, 5) is 4.34. The van der Waals surface area contributed by atoms with Crippen LogP contribution in [0.2, 0.25) is 0 Å². The summed E-state index contributed by atoms with van der Waals surface area (Å²) < 4.78 is 0. The van der Waals surface area contributed by atoms with Crippen LogP contribution in [-0.2, 0) is 0 Å². The van der Waals surface area contributed by atoms with Gasteiger partial charge in [-0.3, -0.25) is 4.98 Å². The molecule has 1 atom stereocenters. The van der Waals surface area contributed by atoms with E-state index in [0.29, 0.717) is 0 Å². The molecule has 0 aliphatic heterocycles. The summed E-state index contributed by atoms with van der Waals surface area (Å²) in [6.45, 7) is 5.20. The Labute approximate surface area is 127 Å². The monoisotopic (exact) mass is 280 g/mol. The fourth-order valence-corrected chi connectivity index (χ4v) is 3.07. The number of pyridine rings is 1. The second-order valence-electron chi connectivity index (χ2n) is 6.08. The van der Waals surface area contributed by atoms with E-state index in [4.69, 9.17) is 0 Å². The molecule has 21 heavy (non-hydrogen) atoms. The van der Waals surface area contributed by atoms with Gasteiger partial charge in [-0.25, -0.2) is 0 Å². The van der Waals surface area contributed by atoms with Crippen molar-refractivity contribution in [2.24, 2.45) is 0 Å². The molecule has 0 radical (unpaired) electrons. The van der Waals surface area contributed by atoms with Gasteiger partial charge in [0.05, 0.1) is 6.04 Å². The Balaban J connectivity index is 1.86. The van der Waals surface area contributed by atoms with Crippen LogP contribution in [-0.4, -0.2) is 11.5 Å². The molecule has 1 aromatic carbocycles. The van der Waals surface area contributed by atoms with Crippen molar-refractivity contribution < 1.29 is 0 Å². The van der Waals surface area contributed by atoms with E-state index in [9.17, 15) is 0 Å².